The van der Waals surface area contributed by atoms with Crippen LogP contribution in [0.1, 0.15) is 6.42 Å². The van der Waals surface area contributed by atoms with Crippen molar-refractivity contribution in [2.75, 3.05) is 0 Å². The average Bonchev–Trinajstić information content (AvgIpc) is 2.11. The SMILES string of the molecule is O=C1C[C@@H]2SC=C[N+]12O. The van der Waals surface area contributed by atoms with Crippen LogP contribution in [0.15, 0.2) is 11.6 Å². The molecule has 0 aromatic carbocycles. The molecule has 0 radical (unpaired) electrons. The number of amides is 1. The molecule has 0 saturated carbocycles. The highest BCUT2D eigenvalue weighted by molar-refractivity contribution is 8.02. The van der Waals surface area contributed by atoms with E-state index < -0.39 is 4.65 Å². The van der Waals surface area contributed by atoms with Crippen LogP contribution in [0.5, 0.6) is 0 Å². The van der Waals surface area contributed by atoms with Crippen LogP contribution in [0.4, 0.5) is 0 Å². The van der Waals surface area contributed by atoms with Crippen molar-refractivity contribution in [3.8, 4) is 0 Å². The Morgan fingerprint density at radius 1 is 1.89 bits per heavy atom. The maximum Gasteiger partial charge on any atom is 0.358 e. The third-order valence-electron chi connectivity index (χ3n) is 1.71. The van der Waals surface area contributed by atoms with E-state index in [1.165, 1.54) is 18.0 Å². The molecule has 2 atom stereocenters. The van der Waals surface area contributed by atoms with Gasteiger partial charge in [0.15, 0.2) is 5.37 Å². The highest BCUT2D eigenvalue weighted by atomic mass is 32.2. The van der Waals surface area contributed by atoms with Gasteiger partial charge in [0, 0.05) is 5.41 Å². The molecular formula is C5H6NO2S+. The van der Waals surface area contributed by atoms with Gasteiger partial charge in [-0.25, -0.2) is 10.0 Å². The van der Waals surface area contributed by atoms with Crippen LogP contribution in [-0.4, -0.2) is 21.1 Å². The van der Waals surface area contributed by atoms with E-state index in [-0.39, 0.29) is 11.3 Å². The summed E-state index contributed by atoms with van der Waals surface area (Å²) in [5.41, 5.74) is 0. The second kappa shape index (κ2) is 1.39. The topological polar surface area (TPSA) is 37.3 Å². The Bertz CT molecular complexity index is 203. The van der Waals surface area contributed by atoms with Gasteiger partial charge in [0.05, 0.1) is 0 Å². The summed E-state index contributed by atoms with van der Waals surface area (Å²) in [7, 11) is 0. The van der Waals surface area contributed by atoms with Crippen molar-refractivity contribution in [3.05, 3.63) is 11.6 Å². The Labute approximate surface area is 56.5 Å². The summed E-state index contributed by atoms with van der Waals surface area (Å²) in [6.45, 7) is 0. The first kappa shape index (κ1) is 5.46. The van der Waals surface area contributed by atoms with E-state index in [4.69, 9.17) is 0 Å². The van der Waals surface area contributed by atoms with Gasteiger partial charge in [-0.05, 0) is 0 Å². The number of hydrogen-bond acceptors (Lipinski definition) is 3. The molecule has 1 fully saturated rings. The van der Waals surface area contributed by atoms with Crippen LogP contribution in [-0.2, 0) is 4.79 Å². The molecule has 2 aliphatic heterocycles. The number of nitrogens with zero attached hydrogens (tertiary/aromatic N) is 1. The van der Waals surface area contributed by atoms with Crippen molar-refractivity contribution in [2.24, 2.45) is 0 Å². The molecule has 0 aromatic heterocycles. The lowest BCUT2D eigenvalue weighted by molar-refractivity contribution is -1.03. The van der Waals surface area contributed by atoms with Crippen LogP contribution < -0.4 is 0 Å². The molecule has 4 heteroatoms. The molecular weight excluding hydrogens is 138 g/mol. The third-order valence-corrected chi connectivity index (χ3v) is 2.79. The Kier molecular flexibility index (Phi) is 0.846. The van der Waals surface area contributed by atoms with E-state index in [2.05, 4.69) is 0 Å². The molecule has 2 rings (SSSR count). The van der Waals surface area contributed by atoms with Crippen LogP contribution in [0.2, 0.25) is 0 Å². The summed E-state index contributed by atoms with van der Waals surface area (Å²) in [6.07, 6.45) is 2.04. The molecule has 0 spiro atoms. The van der Waals surface area contributed by atoms with Gasteiger partial charge in [-0.15, -0.1) is 0 Å². The first-order chi connectivity index (χ1) is 4.23. The first-order valence-corrected chi connectivity index (χ1v) is 3.65. The Balaban J connectivity index is 2.34. The number of hydrogen-bond donors (Lipinski definition) is 1. The second-order valence-electron chi connectivity index (χ2n) is 2.21. The Morgan fingerprint density at radius 3 is 3.11 bits per heavy atom. The summed E-state index contributed by atoms with van der Waals surface area (Å²) in [4.78, 5) is 10.7. The zero-order valence-corrected chi connectivity index (χ0v) is 5.47. The smallest absolute Gasteiger partial charge is 0.227 e. The van der Waals surface area contributed by atoms with Gasteiger partial charge < -0.3 is 0 Å². The number of rotatable bonds is 0. The zero-order valence-electron chi connectivity index (χ0n) is 4.65. The molecule has 2 heterocycles. The van der Waals surface area contributed by atoms with E-state index in [1.807, 2.05) is 0 Å². The number of quaternary nitrogens is 1. The molecule has 9 heavy (non-hydrogen) atoms. The van der Waals surface area contributed by atoms with E-state index in [0.717, 1.165) is 0 Å². The molecule has 1 unspecified atom stereocenters. The fourth-order valence-electron chi connectivity index (χ4n) is 1.02. The van der Waals surface area contributed by atoms with Gasteiger partial charge in [0.1, 0.15) is 12.6 Å². The molecule has 1 N–H and O–H groups in total. The maximum atomic E-state index is 10.7. The van der Waals surface area contributed by atoms with Crippen LogP contribution >= 0.6 is 11.8 Å². The van der Waals surface area contributed by atoms with Crippen LogP contribution in [0, 0.1) is 0 Å². The number of β-lactam (4-membered cyclic amide) rings is 1. The van der Waals surface area contributed by atoms with E-state index in [9.17, 15) is 10.0 Å². The second-order valence-corrected chi connectivity index (χ2v) is 3.30. The van der Waals surface area contributed by atoms with Gasteiger partial charge in [-0.2, -0.15) is 0 Å². The van der Waals surface area contributed by atoms with Crippen molar-refractivity contribution in [2.45, 2.75) is 11.8 Å². The molecule has 0 aliphatic carbocycles. The summed E-state index contributed by atoms with van der Waals surface area (Å²) in [5.74, 6) is -0.0961. The van der Waals surface area contributed by atoms with E-state index in [1.54, 1.807) is 5.41 Å². The minimum Gasteiger partial charge on any atom is -0.227 e. The van der Waals surface area contributed by atoms with Gasteiger partial charge in [-0.3, -0.25) is 0 Å². The summed E-state index contributed by atoms with van der Waals surface area (Å²) in [6, 6.07) is 0. The van der Waals surface area contributed by atoms with Crippen LogP contribution in [0.3, 0.4) is 0 Å². The fourth-order valence-corrected chi connectivity index (χ4v) is 2.07. The summed E-state index contributed by atoms with van der Waals surface area (Å²) >= 11 is 1.52. The van der Waals surface area contributed by atoms with Gasteiger partial charge in [-0.1, -0.05) is 16.4 Å². The third kappa shape index (κ3) is 0.482. The normalized spacial score (nSPS) is 46.8. The van der Waals surface area contributed by atoms with Crippen molar-refractivity contribution in [1.82, 2.24) is 0 Å². The quantitative estimate of drug-likeness (QED) is 0.308. The number of thioether (sulfide) groups is 1. The van der Waals surface area contributed by atoms with Crippen molar-refractivity contribution in [1.29, 1.82) is 0 Å². The standard InChI is InChI=1S/C5H6NO2S/c7-4-3-5-6(4,8)1-2-9-5/h1-2,5,8H,3H2/q+1/t5-,6?/m0/s1. The predicted octanol–water partition coefficient (Wildman–Crippen LogP) is 0.667. The fraction of sp³-hybridized carbons (Fsp3) is 0.400. The molecule has 48 valence electrons. The zero-order chi connectivity index (χ0) is 6.48. The molecule has 1 amide bonds. The van der Waals surface area contributed by atoms with Gasteiger partial charge in [0.25, 0.3) is 0 Å². The van der Waals surface area contributed by atoms with Crippen molar-refractivity contribution < 1.29 is 14.6 Å². The maximum absolute atomic E-state index is 10.7. The molecule has 3 nitrogen and oxygen atoms in total. The predicted molar refractivity (Wildman–Crippen MR) is 32.2 cm³/mol. The molecule has 2 aliphatic rings. The molecule has 1 saturated heterocycles. The monoisotopic (exact) mass is 144 g/mol. The lowest BCUT2D eigenvalue weighted by Crippen LogP contribution is -2.60. The van der Waals surface area contributed by atoms with E-state index >= 15 is 0 Å². The summed E-state index contributed by atoms with van der Waals surface area (Å²) in [5, 5.41) is 11.1. The van der Waals surface area contributed by atoms with E-state index in [0.29, 0.717) is 6.42 Å². The Morgan fingerprint density at radius 2 is 2.67 bits per heavy atom. The minimum absolute atomic E-state index is 0.0671. The van der Waals surface area contributed by atoms with Crippen molar-refractivity contribution >= 4 is 17.7 Å². The average molecular weight is 144 g/mol. The highest BCUT2D eigenvalue weighted by Crippen LogP contribution is 2.41. The number of hydroxylamine groups is 3. The first-order valence-electron chi connectivity index (χ1n) is 2.71. The number of carbonyl (C=O) groups excluding carboxylic acids is 1. The number of carbonyl (C=O) groups is 1. The van der Waals surface area contributed by atoms with Gasteiger partial charge in [0.2, 0.25) is 0 Å². The minimum atomic E-state index is -0.454. The Hall–Kier alpha value is -0.320. The van der Waals surface area contributed by atoms with Gasteiger partial charge >= 0.3 is 5.91 Å². The molecule has 0 aromatic rings. The lowest BCUT2D eigenvalue weighted by atomic mass is 10.2. The largest absolute Gasteiger partial charge is 0.358 e. The number of fused-ring (bicyclic) bond motifs is 1. The lowest BCUT2D eigenvalue weighted by Gasteiger charge is -2.33. The van der Waals surface area contributed by atoms with Crippen LogP contribution in [0.25, 0.3) is 0 Å². The highest BCUT2D eigenvalue weighted by Gasteiger charge is 2.57. The molecule has 0 bridgehead atoms. The summed E-state index contributed by atoms with van der Waals surface area (Å²) < 4.78 is -0.454. The van der Waals surface area contributed by atoms with Crippen molar-refractivity contribution in [3.63, 3.8) is 0 Å².